The van der Waals surface area contributed by atoms with Crippen molar-refractivity contribution in [2.75, 3.05) is 0 Å². The third-order valence-electron chi connectivity index (χ3n) is 6.12. The molecule has 0 heterocycles. The monoisotopic (exact) mass is 418 g/mol. The van der Waals surface area contributed by atoms with Crippen LogP contribution in [-0.4, -0.2) is 11.1 Å². The van der Waals surface area contributed by atoms with Gasteiger partial charge >= 0.3 is 5.97 Å². The Bertz CT molecular complexity index is 743. The van der Waals surface area contributed by atoms with Gasteiger partial charge in [0.15, 0.2) is 0 Å². The van der Waals surface area contributed by atoms with Crippen molar-refractivity contribution < 1.29 is 9.90 Å². The number of hydrogen-bond acceptors (Lipinski definition) is 1. The van der Waals surface area contributed by atoms with E-state index in [1.54, 1.807) is 0 Å². The van der Waals surface area contributed by atoms with Crippen molar-refractivity contribution in [1.82, 2.24) is 0 Å². The molecule has 1 N–H and O–H groups in total. The van der Waals surface area contributed by atoms with Crippen molar-refractivity contribution >= 4 is 21.9 Å². The molecule has 2 aromatic carbocycles. The van der Waals surface area contributed by atoms with Crippen molar-refractivity contribution in [3.63, 3.8) is 0 Å². The Balaban J connectivity index is 0.000000263. The molecule has 0 aliphatic heterocycles. The van der Waals surface area contributed by atoms with Gasteiger partial charge in [-0.3, -0.25) is 0 Å². The normalized spacial score (nSPS) is 10.4. The summed E-state index contributed by atoms with van der Waals surface area (Å²) in [7, 11) is 0. The van der Waals surface area contributed by atoms with Crippen molar-refractivity contribution in [1.29, 1.82) is 0 Å². The minimum absolute atomic E-state index is 0.464. The van der Waals surface area contributed by atoms with Crippen LogP contribution < -0.4 is 0 Å². The van der Waals surface area contributed by atoms with E-state index in [-0.39, 0.29) is 0 Å². The van der Waals surface area contributed by atoms with Crippen LogP contribution in [0.5, 0.6) is 0 Å². The number of carboxylic acids is 1. The summed E-state index contributed by atoms with van der Waals surface area (Å²) in [6, 6.07) is 0. The Morgan fingerprint density at radius 2 is 0.769 bits per heavy atom. The molecule has 0 amide bonds. The highest BCUT2D eigenvalue weighted by Gasteiger charge is 2.16. The summed E-state index contributed by atoms with van der Waals surface area (Å²) in [5.74, 6) is -0.828. The van der Waals surface area contributed by atoms with Crippen LogP contribution in [-0.2, 0) is 0 Å². The van der Waals surface area contributed by atoms with Crippen LogP contribution in [0.2, 0.25) is 0 Å². The van der Waals surface area contributed by atoms with Gasteiger partial charge < -0.3 is 5.11 Å². The first-order valence-electron chi connectivity index (χ1n) is 8.87. The van der Waals surface area contributed by atoms with Crippen LogP contribution >= 0.6 is 15.9 Å². The summed E-state index contributed by atoms with van der Waals surface area (Å²) in [6.45, 7) is 20.6. The Morgan fingerprint density at radius 3 is 1.04 bits per heavy atom. The molecule has 26 heavy (non-hydrogen) atoms. The lowest BCUT2D eigenvalue weighted by Crippen LogP contribution is -2.08. The fourth-order valence-corrected chi connectivity index (χ4v) is 3.87. The summed E-state index contributed by atoms with van der Waals surface area (Å²) in [6.07, 6.45) is 0. The Morgan fingerprint density at radius 1 is 0.538 bits per heavy atom. The Labute approximate surface area is 166 Å². The molecule has 0 saturated heterocycles. The molecule has 2 nitrogen and oxygen atoms in total. The van der Waals surface area contributed by atoms with Crippen LogP contribution in [0.1, 0.15) is 66.0 Å². The number of rotatable bonds is 1. The summed E-state index contributed by atoms with van der Waals surface area (Å²) < 4.78 is 1.27. The molecular formula is C23H31BrO2. The van der Waals surface area contributed by atoms with E-state index in [9.17, 15) is 4.79 Å². The second kappa shape index (κ2) is 8.39. The largest absolute Gasteiger partial charge is 0.478 e. The summed E-state index contributed by atoms with van der Waals surface area (Å²) >= 11 is 3.61. The zero-order valence-electron chi connectivity index (χ0n) is 17.7. The predicted molar refractivity (Wildman–Crippen MR) is 115 cm³/mol. The molecule has 142 valence electrons. The molecular weight excluding hydrogens is 388 g/mol. The lowest BCUT2D eigenvalue weighted by atomic mass is 9.90. The maximum absolute atomic E-state index is 11.1. The second-order valence-electron chi connectivity index (χ2n) is 7.24. The maximum atomic E-state index is 11.1. The number of carboxylic acid groups (broad SMARTS) is 1. The number of benzene rings is 2. The number of hydrogen-bond donors (Lipinski definition) is 1. The van der Waals surface area contributed by atoms with Crippen LogP contribution in [0.25, 0.3) is 0 Å². The molecule has 0 spiro atoms. The molecule has 0 unspecified atom stereocenters. The molecule has 0 radical (unpaired) electrons. The third-order valence-corrected chi connectivity index (χ3v) is 7.31. The second-order valence-corrected chi connectivity index (χ2v) is 8.04. The molecule has 3 heteroatoms. The SMILES string of the molecule is Cc1c(C)c(C)c(Br)c(C)c1C.Cc1c(C)c(C)c(C(=O)O)c(C)c1C. The minimum atomic E-state index is -0.828. The minimum Gasteiger partial charge on any atom is -0.478 e. The van der Waals surface area contributed by atoms with Gasteiger partial charge in [0.1, 0.15) is 0 Å². The van der Waals surface area contributed by atoms with Gasteiger partial charge in [0, 0.05) is 4.47 Å². The number of carbonyl (C=O) groups is 1. The first-order chi connectivity index (χ1) is 11.8. The average Bonchev–Trinajstić information content (AvgIpc) is 2.60. The molecule has 0 bridgehead atoms. The smallest absolute Gasteiger partial charge is 0.336 e. The lowest BCUT2D eigenvalue weighted by Gasteiger charge is -2.15. The highest BCUT2D eigenvalue weighted by molar-refractivity contribution is 9.10. The van der Waals surface area contributed by atoms with E-state index >= 15 is 0 Å². The molecule has 0 fully saturated rings. The average molecular weight is 419 g/mol. The van der Waals surface area contributed by atoms with Gasteiger partial charge in [-0.1, -0.05) is 15.9 Å². The van der Waals surface area contributed by atoms with E-state index in [1.165, 1.54) is 37.9 Å². The molecule has 0 aromatic heterocycles. The van der Waals surface area contributed by atoms with E-state index in [4.69, 9.17) is 5.11 Å². The summed E-state index contributed by atoms with van der Waals surface area (Å²) in [4.78, 5) is 11.1. The van der Waals surface area contributed by atoms with Crippen molar-refractivity contribution in [2.24, 2.45) is 0 Å². The maximum Gasteiger partial charge on any atom is 0.336 e. The van der Waals surface area contributed by atoms with Gasteiger partial charge in [0.05, 0.1) is 5.56 Å². The number of halogens is 1. The molecule has 2 aromatic rings. The van der Waals surface area contributed by atoms with Gasteiger partial charge in [-0.05, 0) is 125 Å². The van der Waals surface area contributed by atoms with Gasteiger partial charge in [0.25, 0.3) is 0 Å². The summed E-state index contributed by atoms with van der Waals surface area (Å²) in [5, 5.41) is 9.09. The van der Waals surface area contributed by atoms with Crippen LogP contribution in [0.3, 0.4) is 0 Å². The first-order valence-corrected chi connectivity index (χ1v) is 9.66. The number of aromatic carboxylic acids is 1. The van der Waals surface area contributed by atoms with Gasteiger partial charge in [-0.2, -0.15) is 0 Å². The zero-order chi connectivity index (χ0) is 20.5. The summed E-state index contributed by atoms with van der Waals surface area (Å²) in [5.41, 5.74) is 12.6. The highest BCUT2D eigenvalue weighted by atomic mass is 79.9. The van der Waals surface area contributed by atoms with E-state index in [0.717, 1.165) is 22.3 Å². The predicted octanol–water partition coefficient (Wildman–Crippen LogP) is 6.92. The standard InChI is InChI=1S/C12H16O2.C11H15Br/c1-6-7(2)9(4)11(12(13)14)10(5)8(6)3;1-6-7(2)9(4)11(12)10(5)8(6)3/h1-5H3,(H,13,14);1-5H3. The molecule has 0 atom stereocenters. The van der Waals surface area contributed by atoms with Crippen LogP contribution in [0.15, 0.2) is 4.47 Å². The van der Waals surface area contributed by atoms with Gasteiger partial charge in [0.2, 0.25) is 0 Å². The van der Waals surface area contributed by atoms with Crippen LogP contribution in [0, 0.1) is 69.2 Å². The third kappa shape index (κ3) is 4.03. The quantitative estimate of drug-likeness (QED) is 0.545. The molecule has 0 saturated carbocycles. The van der Waals surface area contributed by atoms with E-state index in [0.29, 0.717) is 5.56 Å². The van der Waals surface area contributed by atoms with Crippen molar-refractivity contribution in [3.8, 4) is 0 Å². The van der Waals surface area contributed by atoms with Crippen LogP contribution in [0.4, 0.5) is 0 Å². The Kier molecular flexibility index (Phi) is 7.24. The first kappa shape index (κ1) is 22.4. The van der Waals surface area contributed by atoms with Crippen molar-refractivity contribution in [3.05, 3.63) is 65.7 Å². The van der Waals surface area contributed by atoms with Crippen molar-refractivity contribution in [2.45, 2.75) is 69.2 Å². The fourth-order valence-electron chi connectivity index (χ4n) is 3.28. The van der Waals surface area contributed by atoms with E-state index in [2.05, 4.69) is 50.5 Å². The van der Waals surface area contributed by atoms with Gasteiger partial charge in [-0.25, -0.2) is 4.79 Å². The van der Waals surface area contributed by atoms with E-state index < -0.39 is 5.97 Å². The topological polar surface area (TPSA) is 37.3 Å². The fraction of sp³-hybridized carbons (Fsp3) is 0.435. The molecule has 2 rings (SSSR count). The lowest BCUT2D eigenvalue weighted by molar-refractivity contribution is 0.0695. The molecule has 0 aliphatic rings. The van der Waals surface area contributed by atoms with Gasteiger partial charge in [-0.15, -0.1) is 0 Å². The zero-order valence-corrected chi connectivity index (χ0v) is 19.3. The van der Waals surface area contributed by atoms with E-state index in [1.807, 2.05) is 34.6 Å². The Hall–Kier alpha value is -1.61. The molecule has 0 aliphatic carbocycles. The highest BCUT2D eigenvalue weighted by Crippen LogP contribution is 2.29.